The summed E-state index contributed by atoms with van der Waals surface area (Å²) in [4.78, 5) is 2.56. The number of hydrogen-bond acceptors (Lipinski definition) is 1. The van der Waals surface area contributed by atoms with E-state index >= 15 is 0 Å². The van der Waals surface area contributed by atoms with E-state index in [1.54, 1.807) is 0 Å². The molecule has 3 heteroatoms. The van der Waals surface area contributed by atoms with E-state index in [2.05, 4.69) is 195 Å². The maximum atomic E-state index is 2.56. The van der Waals surface area contributed by atoms with Crippen molar-refractivity contribution in [2.75, 3.05) is 4.90 Å². The molecule has 2 aliphatic rings. The van der Waals surface area contributed by atoms with E-state index in [0.717, 1.165) is 0 Å². The first kappa shape index (κ1) is 29.9. The number of nitrogens with zero attached hydrogens (tertiary/aromatic N) is 1. The minimum Gasteiger partial charge on any atom is -0.311 e. The fraction of sp³-hybridized carbons (Fsp3) is 0.0870. The Hall–Kier alpha value is -5.23. The molecule has 2 heterocycles. The molecular formula is C46H39NSi2. The van der Waals surface area contributed by atoms with Crippen LogP contribution in [0.15, 0.2) is 164 Å². The van der Waals surface area contributed by atoms with Gasteiger partial charge in [-0.1, -0.05) is 160 Å². The minimum absolute atomic E-state index is 1.19. The second-order valence-electron chi connectivity index (χ2n) is 14.6. The van der Waals surface area contributed by atoms with Crippen LogP contribution in [-0.4, -0.2) is 16.1 Å². The summed E-state index contributed by atoms with van der Waals surface area (Å²) in [5.41, 5.74) is 14.4. The summed E-state index contributed by atoms with van der Waals surface area (Å²) in [6, 6.07) is 61.2. The molecular weight excluding hydrogens is 623 g/mol. The van der Waals surface area contributed by atoms with E-state index < -0.39 is 16.1 Å². The van der Waals surface area contributed by atoms with Crippen molar-refractivity contribution in [1.82, 2.24) is 0 Å². The number of anilines is 3. The summed E-state index contributed by atoms with van der Waals surface area (Å²) in [5, 5.41) is 6.10. The molecule has 0 unspecified atom stereocenters. The van der Waals surface area contributed by atoms with Crippen LogP contribution in [0.2, 0.25) is 26.2 Å². The standard InChI is InChI=1S/C46H39NSi2/c1-48(2)43-24-14-20-37(34-17-9-6-10-18-34)45(43)40-30-29-36(31-44(40)48)47(35-27-25-33(26-28-35)32-15-7-5-8-16-32)41-22-13-21-39-38-19-11-12-23-42(38)49(3,4)46(39)41/h5-31H,1-4H3. The summed E-state index contributed by atoms with van der Waals surface area (Å²) in [6.45, 7) is 10.1. The summed E-state index contributed by atoms with van der Waals surface area (Å²) in [6.07, 6.45) is 0. The molecule has 49 heavy (non-hydrogen) atoms. The maximum Gasteiger partial charge on any atom is 0.116 e. The Bertz CT molecular complexity index is 2370. The first-order valence-electron chi connectivity index (χ1n) is 17.4. The minimum atomic E-state index is -2.00. The van der Waals surface area contributed by atoms with Crippen LogP contribution >= 0.6 is 0 Å². The number of rotatable bonds is 5. The molecule has 0 saturated heterocycles. The zero-order valence-corrected chi connectivity index (χ0v) is 30.5. The van der Waals surface area contributed by atoms with Crippen molar-refractivity contribution in [2.24, 2.45) is 0 Å². The lowest BCUT2D eigenvalue weighted by molar-refractivity contribution is 1.30. The molecule has 0 atom stereocenters. The largest absolute Gasteiger partial charge is 0.311 e. The molecule has 0 fully saturated rings. The first-order chi connectivity index (χ1) is 23.8. The molecule has 236 valence electrons. The molecule has 0 saturated carbocycles. The Morgan fingerprint density at radius 1 is 0.367 bits per heavy atom. The van der Waals surface area contributed by atoms with Crippen LogP contribution in [-0.2, 0) is 0 Å². The van der Waals surface area contributed by atoms with Gasteiger partial charge in [-0.15, -0.1) is 0 Å². The molecule has 0 amide bonds. The molecule has 7 aromatic carbocycles. The van der Waals surface area contributed by atoms with Crippen LogP contribution < -0.4 is 25.6 Å². The Morgan fingerprint density at radius 2 is 0.939 bits per heavy atom. The third kappa shape index (κ3) is 4.57. The van der Waals surface area contributed by atoms with E-state index in [1.807, 2.05) is 0 Å². The molecule has 1 nitrogen and oxygen atoms in total. The van der Waals surface area contributed by atoms with E-state index in [4.69, 9.17) is 0 Å². The summed E-state index contributed by atoms with van der Waals surface area (Å²) < 4.78 is 0. The average molecular weight is 662 g/mol. The Kier molecular flexibility index (Phi) is 6.81. The molecule has 0 N–H and O–H groups in total. The highest BCUT2D eigenvalue weighted by Crippen LogP contribution is 2.42. The summed E-state index contributed by atoms with van der Waals surface area (Å²) in [7, 11) is -3.99. The predicted molar refractivity (Wildman–Crippen MR) is 216 cm³/mol. The predicted octanol–water partition coefficient (Wildman–Crippen LogP) is 10.1. The Morgan fingerprint density at radius 3 is 1.69 bits per heavy atom. The monoisotopic (exact) mass is 661 g/mol. The van der Waals surface area contributed by atoms with Gasteiger partial charge < -0.3 is 4.90 Å². The third-order valence-electron chi connectivity index (χ3n) is 11.1. The van der Waals surface area contributed by atoms with Crippen LogP contribution in [0.5, 0.6) is 0 Å². The van der Waals surface area contributed by atoms with Crippen molar-refractivity contribution < 1.29 is 0 Å². The van der Waals surface area contributed by atoms with Gasteiger partial charge in [0.25, 0.3) is 0 Å². The van der Waals surface area contributed by atoms with Crippen LogP contribution in [0.3, 0.4) is 0 Å². The topological polar surface area (TPSA) is 3.24 Å². The highest BCUT2D eigenvalue weighted by molar-refractivity contribution is 7.05. The zero-order chi connectivity index (χ0) is 33.3. The number of hydrogen-bond donors (Lipinski definition) is 0. The molecule has 0 radical (unpaired) electrons. The van der Waals surface area contributed by atoms with Crippen molar-refractivity contribution >= 4 is 54.0 Å². The van der Waals surface area contributed by atoms with Crippen LogP contribution in [0.1, 0.15) is 0 Å². The van der Waals surface area contributed by atoms with Gasteiger partial charge >= 0.3 is 0 Å². The molecule has 0 spiro atoms. The third-order valence-corrected chi connectivity index (χ3v) is 18.1. The molecule has 9 rings (SSSR count). The lowest BCUT2D eigenvalue weighted by Gasteiger charge is -2.32. The van der Waals surface area contributed by atoms with Gasteiger partial charge in [0, 0.05) is 17.1 Å². The van der Waals surface area contributed by atoms with Gasteiger partial charge in [-0.25, -0.2) is 0 Å². The highest BCUT2D eigenvalue weighted by Gasteiger charge is 2.42. The van der Waals surface area contributed by atoms with Gasteiger partial charge in [-0.05, 0) is 95.6 Å². The van der Waals surface area contributed by atoms with Gasteiger partial charge in [-0.2, -0.15) is 0 Å². The van der Waals surface area contributed by atoms with E-state index in [-0.39, 0.29) is 0 Å². The first-order valence-corrected chi connectivity index (χ1v) is 23.4. The fourth-order valence-corrected chi connectivity index (χ4v) is 15.1. The Balaban J connectivity index is 1.25. The average Bonchev–Trinajstić information content (AvgIpc) is 3.53. The summed E-state index contributed by atoms with van der Waals surface area (Å²) >= 11 is 0. The van der Waals surface area contributed by atoms with Gasteiger partial charge in [0.05, 0.1) is 0 Å². The van der Waals surface area contributed by atoms with Gasteiger partial charge in [0.2, 0.25) is 0 Å². The number of fused-ring (bicyclic) bond motifs is 6. The quantitative estimate of drug-likeness (QED) is 0.166. The van der Waals surface area contributed by atoms with E-state index in [9.17, 15) is 0 Å². The SMILES string of the molecule is C[Si]1(C)c2cc(N(c3ccc(-c4ccccc4)cc3)c3cccc4c3[Si](C)(C)c3ccccc3-4)ccc2-c2c(-c3ccccc3)cccc21. The second kappa shape index (κ2) is 11.2. The van der Waals surface area contributed by atoms with E-state index in [0.29, 0.717) is 0 Å². The van der Waals surface area contributed by atoms with E-state index in [1.165, 1.54) is 82.3 Å². The highest BCUT2D eigenvalue weighted by atomic mass is 28.3. The molecule has 2 aliphatic heterocycles. The maximum absolute atomic E-state index is 2.56. The normalized spacial score (nSPS) is 14.4. The lowest BCUT2D eigenvalue weighted by atomic mass is 9.94. The Labute approximate surface area is 292 Å². The van der Waals surface area contributed by atoms with Gasteiger partial charge in [-0.3, -0.25) is 0 Å². The van der Waals surface area contributed by atoms with Gasteiger partial charge in [0.15, 0.2) is 0 Å². The molecule has 0 bridgehead atoms. The van der Waals surface area contributed by atoms with Crippen LogP contribution in [0.25, 0.3) is 44.5 Å². The van der Waals surface area contributed by atoms with Crippen LogP contribution in [0.4, 0.5) is 17.1 Å². The fourth-order valence-electron chi connectivity index (χ4n) is 8.64. The molecule has 0 aliphatic carbocycles. The van der Waals surface area contributed by atoms with Crippen molar-refractivity contribution in [3.05, 3.63) is 164 Å². The lowest BCUT2D eigenvalue weighted by Crippen LogP contribution is -2.51. The second-order valence-corrected chi connectivity index (χ2v) is 23.2. The van der Waals surface area contributed by atoms with Crippen molar-refractivity contribution in [1.29, 1.82) is 0 Å². The summed E-state index contributed by atoms with van der Waals surface area (Å²) in [5.74, 6) is 0. The smallest absolute Gasteiger partial charge is 0.116 e. The van der Waals surface area contributed by atoms with Crippen molar-refractivity contribution in [3.8, 4) is 44.5 Å². The molecule has 7 aromatic rings. The van der Waals surface area contributed by atoms with Crippen molar-refractivity contribution in [3.63, 3.8) is 0 Å². The van der Waals surface area contributed by atoms with Crippen molar-refractivity contribution in [2.45, 2.75) is 26.2 Å². The van der Waals surface area contributed by atoms with Crippen LogP contribution in [0, 0.1) is 0 Å². The molecule has 0 aromatic heterocycles. The zero-order valence-electron chi connectivity index (χ0n) is 28.5. The van der Waals surface area contributed by atoms with Gasteiger partial charge in [0.1, 0.15) is 16.1 Å². The number of benzene rings is 7.